The van der Waals surface area contributed by atoms with Crippen LogP contribution < -0.4 is 5.32 Å². The van der Waals surface area contributed by atoms with Crippen LogP contribution in [0.4, 0.5) is 4.39 Å². The Morgan fingerprint density at radius 3 is 2.50 bits per heavy atom. The van der Waals surface area contributed by atoms with Crippen LogP contribution in [-0.4, -0.2) is 19.1 Å². The molecule has 0 amide bonds. The molecule has 1 aromatic carbocycles. The van der Waals surface area contributed by atoms with Gasteiger partial charge in [-0.1, -0.05) is 19.1 Å². The number of carbonyl (C=O) groups is 1. The molecule has 0 radical (unpaired) electrons. The van der Waals surface area contributed by atoms with Gasteiger partial charge in [0, 0.05) is 6.04 Å². The molecule has 1 atom stereocenters. The molecule has 0 aromatic heterocycles. The Bertz CT molecular complexity index is 428. The Labute approximate surface area is 106 Å². The standard InChI is InChI=1S/C14H18FNO2/c1-3-14(13(17)18-2,16-12-8-9-12)10-4-6-11(15)7-5-10/h4-7,12,16H,3,8-9H2,1-2H3. The largest absolute Gasteiger partial charge is 0.467 e. The van der Waals surface area contributed by atoms with Crippen LogP contribution in [0.3, 0.4) is 0 Å². The molecule has 0 bridgehead atoms. The molecule has 0 aliphatic heterocycles. The van der Waals surface area contributed by atoms with E-state index < -0.39 is 5.54 Å². The fraction of sp³-hybridized carbons (Fsp3) is 0.500. The molecule has 1 aliphatic rings. The van der Waals surface area contributed by atoms with E-state index in [-0.39, 0.29) is 11.8 Å². The summed E-state index contributed by atoms with van der Waals surface area (Å²) in [6, 6.07) is 6.39. The molecule has 1 aliphatic carbocycles. The number of nitrogens with one attached hydrogen (secondary N) is 1. The van der Waals surface area contributed by atoms with E-state index in [0.29, 0.717) is 12.5 Å². The summed E-state index contributed by atoms with van der Waals surface area (Å²) >= 11 is 0. The predicted octanol–water partition coefficient (Wildman–Crippen LogP) is 2.36. The monoisotopic (exact) mass is 251 g/mol. The molecule has 0 saturated heterocycles. The molecule has 1 fully saturated rings. The van der Waals surface area contributed by atoms with Crippen LogP contribution in [0.1, 0.15) is 31.7 Å². The molecule has 1 N–H and O–H groups in total. The summed E-state index contributed by atoms with van der Waals surface area (Å²) in [5.41, 5.74) is -0.103. The number of methoxy groups -OCH3 is 1. The minimum atomic E-state index is -0.858. The molecule has 18 heavy (non-hydrogen) atoms. The van der Waals surface area contributed by atoms with Gasteiger partial charge in [-0.05, 0) is 37.0 Å². The normalized spacial score (nSPS) is 18.2. The topological polar surface area (TPSA) is 38.3 Å². The number of esters is 1. The van der Waals surface area contributed by atoms with E-state index in [2.05, 4.69) is 5.32 Å². The second-order valence-electron chi connectivity index (χ2n) is 4.68. The summed E-state index contributed by atoms with van der Waals surface area (Å²) in [4.78, 5) is 12.1. The van der Waals surface area contributed by atoms with E-state index in [1.165, 1.54) is 19.2 Å². The number of hydrogen-bond donors (Lipinski definition) is 1. The molecule has 2 rings (SSSR count). The summed E-state index contributed by atoms with van der Waals surface area (Å²) in [7, 11) is 1.38. The van der Waals surface area contributed by atoms with Crippen molar-refractivity contribution in [3.8, 4) is 0 Å². The van der Waals surface area contributed by atoms with Crippen LogP contribution in [0.5, 0.6) is 0 Å². The van der Waals surface area contributed by atoms with Gasteiger partial charge in [-0.3, -0.25) is 5.32 Å². The zero-order valence-corrected chi connectivity index (χ0v) is 10.7. The van der Waals surface area contributed by atoms with Crippen molar-refractivity contribution in [2.45, 2.75) is 37.8 Å². The van der Waals surface area contributed by atoms with E-state index in [1.807, 2.05) is 6.92 Å². The zero-order valence-electron chi connectivity index (χ0n) is 10.7. The number of halogens is 1. The van der Waals surface area contributed by atoms with Crippen LogP contribution in [0, 0.1) is 5.82 Å². The number of hydrogen-bond acceptors (Lipinski definition) is 3. The Morgan fingerprint density at radius 1 is 1.44 bits per heavy atom. The summed E-state index contributed by atoms with van der Waals surface area (Å²) in [5.74, 6) is -0.622. The van der Waals surface area contributed by atoms with Crippen LogP contribution in [0.2, 0.25) is 0 Å². The van der Waals surface area contributed by atoms with Gasteiger partial charge in [0.2, 0.25) is 0 Å². The van der Waals surface area contributed by atoms with Gasteiger partial charge in [0.1, 0.15) is 11.4 Å². The fourth-order valence-electron chi connectivity index (χ4n) is 2.20. The predicted molar refractivity (Wildman–Crippen MR) is 66.5 cm³/mol. The van der Waals surface area contributed by atoms with Gasteiger partial charge < -0.3 is 4.74 Å². The average Bonchev–Trinajstić information content (AvgIpc) is 3.20. The van der Waals surface area contributed by atoms with Crippen LogP contribution >= 0.6 is 0 Å². The van der Waals surface area contributed by atoms with Crippen molar-refractivity contribution in [3.63, 3.8) is 0 Å². The second kappa shape index (κ2) is 5.06. The second-order valence-corrected chi connectivity index (χ2v) is 4.68. The van der Waals surface area contributed by atoms with E-state index in [1.54, 1.807) is 12.1 Å². The number of rotatable bonds is 5. The van der Waals surface area contributed by atoms with E-state index >= 15 is 0 Å². The Balaban J connectivity index is 2.37. The maximum Gasteiger partial charge on any atom is 0.330 e. The van der Waals surface area contributed by atoms with Crippen LogP contribution in [0.25, 0.3) is 0 Å². The Morgan fingerprint density at radius 2 is 2.06 bits per heavy atom. The third-order valence-electron chi connectivity index (χ3n) is 3.43. The van der Waals surface area contributed by atoms with Gasteiger partial charge in [0.15, 0.2) is 0 Å². The lowest BCUT2D eigenvalue weighted by Gasteiger charge is -2.31. The maximum atomic E-state index is 13.0. The lowest BCUT2D eigenvalue weighted by atomic mass is 9.87. The molecular formula is C14H18FNO2. The number of carbonyl (C=O) groups excluding carboxylic acids is 1. The van der Waals surface area contributed by atoms with Gasteiger partial charge in [0.05, 0.1) is 7.11 Å². The first kappa shape index (κ1) is 13.0. The highest BCUT2D eigenvalue weighted by molar-refractivity contribution is 5.82. The summed E-state index contributed by atoms with van der Waals surface area (Å²) < 4.78 is 17.9. The SMILES string of the molecule is CCC(NC1CC1)(C(=O)OC)c1ccc(F)cc1. The number of benzene rings is 1. The average molecular weight is 251 g/mol. The van der Waals surface area contributed by atoms with Crippen molar-refractivity contribution in [1.82, 2.24) is 5.32 Å². The van der Waals surface area contributed by atoms with Gasteiger partial charge in [-0.15, -0.1) is 0 Å². The molecule has 98 valence electrons. The summed E-state index contributed by atoms with van der Waals surface area (Å²) in [6.07, 6.45) is 2.71. The Kier molecular flexibility index (Phi) is 3.66. The molecule has 1 saturated carbocycles. The quantitative estimate of drug-likeness (QED) is 0.816. The molecule has 3 nitrogen and oxygen atoms in total. The minimum absolute atomic E-state index is 0.306. The van der Waals surface area contributed by atoms with Crippen LogP contribution in [-0.2, 0) is 15.1 Å². The lowest BCUT2D eigenvalue weighted by molar-refractivity contribution is -0.149. The first-order valence-corrected chi connectivity index (χ1v) is 6.24. The highest BCUT2D eigenvalue weighted by Crippen LogP contribution is 2.32. The van der Waals surface area contributed by atoms with Crippen molar-refractivity contribution in [3.05, 3.63) is 35.6 Å². The van der Waals surface area contributed by atoms with E-state index in [9.17, 15) is 9.18 Å². The van der Waals surface area contributed by atoms with Crippen molar-refractivity contribution in [2.24, 2.45) is 0 Å². The molecule has 0 spiro atoms. The van der Waals surface area contributed by atoms with Crippen molar-refractivity contribution in [1.29, 1.82) is 0 Å². The zero-order chi connectivity index (χ0) is 13.2. The number of ether oxygens (including phenoxy) is 1. The van der Waals surface area contributed by atoms with Gasteiger partial charge in [0.25, 0.3) is 0 Å². The van der Waals surface area contributed by atoms with Crippen molar-refractivity contribution < 1.29 is 13.9 Å². The molecule has 0 heterocycles. The minimum Gasteiger partial charge on any atom is -0.467 e. The first-order valence-electron chi connectivity index (χ1n) is 6.24. The Hall–Kier alpha value is -1.42. The van der Waals surface area contributed by atoms with Gasteiger partial charge in [-0.2, -0.15) is 0 Å². The third kappa shape index (κ3) is 2.38. The van der Waals surface area contributed by atoms with E-state index in [0.717, 1.165) is 18.4 Å². The molecule has 1 unspecified atom stereocenters. The van der Waals surface area contributed by atoms with E-state index in [4.69, 9.17) is 4.74 Å². The molecule has 4 heteroatoms. The molecule has 1 aromatic rings. The maximum absolute atomic E-state index is 13.0. The third-order valence-corrected chi connectivity index (χ3v) is 3.43. The highest BCUT2D eigenvalue weighted by atomic mass is 19.1. The highest BCUT2D eigenvalue weighted by Gasteiger charge is 2.43. The van der Waals surface area contributed by atoms with Gasteiger partial charge >= 0.3 is 5.97 Å². The lowest BCUT2D eigenvalue weighted by Crippen LogP contribution is -2.50. The summed E-state index contributed by atoms with van der Waals surface area (Å²) in [6.45, 7) is 1.93. The summed E-state index contributed by atoms with van der Waals surface area (Å²) in [5, 5.41) is 3.34. The van der Waals surface area contributed by atoms with Crippen LogP contribution in [0.15, 0.2) is 24.3 Å². The molecular weight excluding hydrogens is 233 g/mol. The first-order chi connectivity index (χ1) is 8.62. The smallest absolute Gasteiger partial charge is 0.330 e. The van der Waals surface area contributed by atoms with Crippen molar-refractivity contribution >= 4 is 5.97 Å². The van der Waals surface area contributed by atoms with Crippen molar-refractivity contribution in [2.75, 3.05) is 7.11 Å². The van der Waals surface area contributed by atoms with Gasteiger partial charge in [-0.25, -0.2) is 9.18 Å². The fourth-order valence-corrected chi connectivity index (χ4v) is 2.20.